The van der Waals surface area contributed by atoms with Gasteiger partial charge in [-0.25, -0.2) is 0 Å². The Hall–Kier alpha value is -0.570. The van der Waals surface area contributed by atoms with Gasteiger partial charge in [-0.2, -0.15) is 0 Å². The molecule has 0 bridgehead atoms. The third kappa shape index (κ3) is 3.97. The zero-order chi connectivity index (χ0) is 7.11. The molecule has 0 fully saturated rings. The van der Waals surface area contributed by atoms with Crippen LogP contribution in [0.25, 0.3) is 0 Å². The number of hydrogen-bond donors (Lipinski definition) is 1. The number of rotatable bonds is 4. The number of aliphatic imine (C=N–C) groups is 1. The SMILES string of the molecule is CC/N=C\N(CC)CO. The average Bonchev–Trinajstić information content (AvgIpc) is 1.91. The highest BCUT2D eigenvalue weighted by atomic mass is 16.3. The summed E-state index contributed by atoms with van der Waals surface area (Å²) >= 11 is 0. The molecule has 0 aromatic rings. The number of aliphatic hydroxyl groups is 1. The van der Waals surface area contributed by atoms with Crippen molar-refractivity contribution >= 4 is 6.34 Å². The summed E-state index contributed by atoms with van der Waals surface area (Å²) < 4.78 is 0. The molecule has 0 atom stereocenters. The number of aliphatic hydroxyl groups excluding tert-OH is 1. The van der Waals surface area contributed by atoms with E-state index in [1.165, 1.54) is 0 Å². The van der Waals surface area contributed by atoms with E-state index in [2.05, 4.69) is 4.99 Å². The zero-order valence-corrected chi connectivity index (χ0v) is 6.04. The molecule has 1 N–H and O–H groups in total. The van der Waals surface area contributed by atoms with Crippen molar-refractivity contribution in [2.45, 2.75) is 13.8 Å². The first-order valence-corrected chi connectivity index (χ1v) is 3.20. The molecule has 9 heavy (non-hydrogen) atoms. The molecule has 3 heteroatoms. The highest BCUT2D eigenvalue weighted by Gasteiger charge is 1.88. The summed E-state index contributed by atoms with van der Waals surface area (Å²) in [6.45, 7) is 5.57. The van der Waals surface area contributed by atoms with Crippen molar-refractivity contribution in [3.63, 3.8) is 0 Å². The van der Waals surface area contributed by atoms with Crippen molar-refractivity contribution in [1.29, 1.82) is 0 Å². The van der Waals surface area contributed by atoms with Gasteiger partial charge in [-0.1, -0.05) is 0 Å². The number of nitrogens with zero attached hydrogens (tertiary/aromatic N) is 2. The average molecular weight is 130 g/mol. The maximum absolute atomic E-state index is 8.59. The predicted octanol–water partition coefficient (Wildman–Crippen LogP) is 0.306. The van der Waals surface area contributed by atoms with E-state index in [0.717, 1.165) is 13.1 Å². The first-order chi connectivity index (χ1) is 4.35. The Morgan fingerprint density at radius 1 is 1.56 bits per heavy atom. The molecule has 0 unspecified atom stereocenters. The summed E-state index contributed by atoms with van der Waals surface area (Å²) in [6.07, 6.45) is 1.67. The van der Waals surface area contributed by atoms with Crippen molar-refractivity contribution in [2.75, 3.05) is 19.8 Å². The first kappa shape index (κ1) is 8.43. The molecular weight excluding hydrogens is 116 g/mol. The molecule has 0 aliphatic carbocycles. The first-order valence-electron chi connectivity index (χ1n) is 3.20. The summed E-state index contributed by atoms with van der Waals surface area (Å²) in [5.74, 6) is 0. The van der Waals surface area contributed by atoms with Gasteiger partial charge in [-0.05, 0) is 13.8 Å². The largest absolute Gasteiger partial charge is 0.376 e. The van der Waals surface area contributed by atoms with Crippen LogP contribution in [0.4, 0.5) is 0 Å². The molecule has 0 aromatic heterocycles. The van der Waals surface area contributed by atoms with E-state index >= 15 is 0 Å². The molecule has 0 saturated carbocycles. The normalized spacial score (nSPS) is 10.6. The minimum absolute atomic E-state index is 0.0556. The lowest BCUT2D eigenvalue weighted by atomic mass is 10.6. The molecule has 0 heterocycles. The fraction of sp³-hybridized carbons (Fsp3) is 0.833. The van der Waals surface area contributed by atoms with E-state index in [-0.39, 0.29) is 6.73 Å². The van der Waals surface area contributed by atoms with E-state index in [4.69, 9.17) is 5.11 Å². The van der Waals surface area contributed by atoms with Gasteiger partial charge in [0.05, 0.1) is 6.34 Å². The van der Waals surface area contributed by atoms with Crippen molar-refractivity contribution < 1.29 is 5.11 Å². The van der Waals surface area contributed by atoms with Crippen LogP contribution in [0.5, 0.6) is 0 Å². The Labute approximate surface area is 56.0 Å². The lowest BCUT2D eigenvalue weighted by Crippen LogP contribution is -2.22. The topological polar surface area (TPSA) is 35.8 Å². The summed E-state index contributed by atoms with van der Waals surface area (Å²) in [7, 11) is 0. The standard InChI is InChI=1S/C6H14N2O/c1-3-7-5-8(4-2)6-9/h5,9H,3-4,6H2,1-2H3/b7-5-. The van der Waals surface area contributed by atoms with Gasteiger partial charge in [0.2, 0.25) is 0 Å². The van der Waals surface area contributed by atoms with Crippen molar-refractivity contribution in [3.8, 4) is 0 Å². The number of hydrogen-bond acceptors (Lipinski definition) is 2. The van der Waals surface area contributed by atoms with Crippen molar-refractivity contribution in [2.24, 2.45) is 4.99 Å². The molecule has 54 valence electrons. The molecule has 0 aromatic carbocycles. The van der Waals surface area contributed by atoms with Crippen LogP contribution in [0.3, 0.4) is 0 Å². The molecule has 0 amide bonds. The van der Waals surface area contributed by atoms with E-state index in [1.54, 1.807) is 11.2 Å². The molecule has 0 rings (SSSR count). The van der Waals surface area contributed by atoms with Crippen molar-refractivity contribution in [3.05, 3.63) is 0 Å². The Balaban J connectivity index is 3.41. The second kappa shape index (κ2) is 5.56. The van der Waals surface area contributed by atoms with E-state index in [1.807, 2.05) is 13.8 Å². The maximum Gasteiger partial charge on any atom is 0.116 e. The summed E-state index contributed by atoms with van der Waals surface area (Å²) in [5.41, 5.74) is 0. The quantitative estimate of drug-likeness (QED) is 0.337. The monoisotopic (exact) mass is 130 g/mol. The van der Waals surface area contributed by atoms with Crippen LogP contribution < -0.4 is 0 Å². The van der Waals surface area contributed by atoms with E-state index < -0.39 is 0 Å². The fourth-order valence-corrected chi connectivity index (χ4v) is 0.415. The van der Waals surface area contributed by atoms with Crippen LogP contribution in [-0.2, 0) is 0 Å². The summed E-state index contributed by atoms with van der Waals surface area (Å²) in [4.78, 5) is 5.68. The van der Waals surface area contributed by atoms with Gasteiger partial charge < -0.3 is 10.0 Å². The van der Waals surface area contributed by atoms with Crippen LogP contribution in [0.2, 0.25) is 0 Å². The van der Waals surface area contributed by atoms with Gasteiger partial charge in [-0.15, -0.1) is 0 Å². The minimum atomic E-state index is 0.0556. The van der Waals surface area contributed by atoms with Crippen LogP contribution in [0.15, 0.2) is 4.99 Å². The molecule has 0 spiro atoms. The minimum Gasteiger partial charge on any atom is -0.376 e. The zero-order valence-electron chi connectivity index (χ0n) is 6.04. The third-order valence-electron chi connectivity index (χ3n) is 1.02. The highest BCUT2D eigenvalue weighted by Crippen LogP contribution is 1.78. The van der Waals surface area contributed by atoms with Crippen LogP contribution >= 0.6 is 0 Å². The second-order valence-electron chi connectivity index (χ2n) is 1.66. The summed E-state index contributed by atoms with van der Waals surface area (Å²) in [5, 5.41) is 8.59. The van der Waals surface area contributed by atoms with Crippen LogP contribution in [-0.4, -0.2) is 36.2 Å². The van der Waals surface area contributed by atoms with Gasteiger partial charge >= 0.3 is 0 Å². The lowest BCUT2D eigenvalue weighted by molar-refractivity contribution is 0.179. The third-order valence-corrected chi connectivity index (χ3v) is 1.02. The molecule has 0 aliphatic rings. The fourth-order valence-electron chi connectivity index (χ4n) is 0.415. The molecular formula is C6H14N2O. The lowest BCUT2D eigenvalue weighted by Gasteiger charge is -2.11. The molecule has 0 saturated heterocycles. The van der Waals surface area contributed by atoms with Gasteiger partial charge in [0.15, 0.2) is 0 Å². The second-order valence-corrected chi connectivity index (χ2v) is 1.66. The Kier molecular flexibility index (Phi) is 5.21. The molecule has 0 radical (unpaired) electrons. The summed E-state index contributed by atoms with van der Waals surface area (Å²) in [6, 6.07) is 0. The smallest absolute Gasteiger partial charge is 0.116 e. The maximum atomic E-state index is 8.59. The molecule has 3 nitrogen and oxygen atoms in total. The van der Waals surface area contributed by atoms with E-state index in [9.17, 15) is 0 Å². The Morgan fingerprint density at radius 3 is 2.56 bits per heavy atom. The Morgan fingerprint density at radius 2 is 2.22 bits per heavy atom. The van der Waals surface area contributed by atoms with Crippen LogP contribution in [0.1, 0.15) is 13.8 Å². The predicted molar refractivity (Wildman–Crippen MR) is 38.5 cm³/mol. The van der Waals surface area contributed by atoms with Crippen LogP contribution in [0, 0.1) is 0 Å². The van der Waals surface area contributed by atoms with Gasteiger partial charge in [-0.3, -0.25) is 4.99 Å². The van der Waals surface area contributed by atoms with Crippen molar-refractivity contribution in [1.82, 2.24) is 4.90 Å². The highest BCUT2D eigenvalue weighted by molar-refractivity contribution is 5.54. The van der Waals surface area contributed by atoms with E-state index in [0.29, 0.717) is 0 Å². The van der Waals surface area contributed by atoms with Gasteiger partial charge in [0, 0.05) is 13.1 Å². The van der Waals surface area contributed by atoms with Gasteiger partial charge in [0.1, 0.15) is 6.73 Å². The molecule has 0 aliphatic heterocycles. The Bertz CT molecular complexity index is 79.1. The van der Waals surface area contributed by atoms with Gasteiger partial charge in [0.25, 0.3) is 0 Å².